The Bertz CT molecular complexity index is 258. The summed E-state index contributed by atoms with van der Waals surface area (Å²) in [6.07, 6.45) is 2.95. The van der Waals surface area contributed by atoms with Crippen LogP contribution in [0.25, 0.3) is 0 Å². The van der Waals surface area contributed by atoms with Crippen LogP contribution in [0.2, 0.25) is 0 Å². The average Bonchev–Trinajstić information content (AvgIpc) is 2.26. The lowest BCUT2D eigenvalue weighted by molar-refractivity contribution is -0.177. The van der Waals surface area contributed by atoms with Gasteiger partial charge in [0.25, 0.3) is 5.60 Å². The predicted octanol–water partition coefficient (Wildman–Crippen LogP) is -0.237. The first-order valence-electron chi connectivity index (χ1n) is 5.38. The van der Waals surface area contributed by atoms with Gasteiger partial charge < -0.3 is 20.2 Å². The molecule has 0 aromatic carbocycles. The van der Waals surface area contributed by atoms with Crippen molar-refractivity contribution < 1.29 is 24.9 Å². The van der Waals surface area contributed by atoms with E-state index in [9.17, 15) is 14.7 Å². The molecule has 0 amide bonds. The summed E-state index contributed by atoms with van der Waals surface area (Å²) in [6.45, 7) is 1.99. The molecule has 1 saturated heterocycles. The highest BCUT2D eigenvalue weighted by atomic mass is 16.4. The molecule has 0 saturated carbocycles. The number of hydrogen-bond acceptors (Lipinski definition) is 4. The third kappa shape index (κ3) is 2.93. The fourth-order valence-electron chi connectivity index (χ4n) is 1.81. The molecule has 1 fully saturated rings. The Labute approximate surface area is 93.5 Å². The van der Waals surface area contributed by atoms with Gasteiger partial charge in [-0.1, -0.05) is 6.42 Å². The quantitative estimate of drug-likeness (QED) is 0.565. The summed E-state index contributed by atoms with van der Waals surface area (Å²) in [4.78, 5) is 23.4. The summed E-state index contributed by atoms with van der Waals surface area (Å²) in [5, 5.41) is 26.8. The number of rotatable bonds is 5. The third-order valence-corrected chi connectivity index (χ3v) is 2.95. The van der Waals surface area contributed by atoms with Gasteiger partial charge in [-0.3, -0.25) is 0 Å². The minimum absolute atomic E-state index is 0.280. The van der Waals surface area contributed by atoms with Crippen molar-refractivity contribution in [3.05, 3.63) is 0 Å². The van der Waals surface area contributed by atoms with E-state index in [4.69, 9.17) is 10.2 Å². The molecular weight excluding hydrogens is 214 g/mol. The van der Waals surface area contributed by atoms with Gasteiger partial charge in [0.2, 0.25) is 0 Å². The maximum absolute atomic E-state index is 10.7. The third-order valence-electron chi connectivity index (χ3n) is 2.95. The van der Waals surface area contributed by atoms with Crippen LogP contribution in [0.5, 0.6) is 0 Å². The minimum Gasteiger partial charge on any atom is -0.479 e. The van der Waals surface area contributed by atoms with Gasteiger partial charge in [0.15, 0.2) is 0 Å². The lowest BCUT2D eigenvalue weighted by atomic mass is 9.99. The van der Waals surface area contributed by atoms with Crippen LogP contribution >= 0.6 is 0 Å². The van der Waals surface area contributed by atoms with E-state index >= 15 is 0 Å². The van der Waals surface area contributed by atoms with Crippen LogP contribution in [0, 0.1) is 0 Å². The number of carboxylic acid groups (broad SMARTS) is 2. The molecule has 16 heavy (non-hydrogen) atoms. The first-order valence-corrected chi connectivity index (χ1v) is 5.38. The fourth-order valence-corrected chi connectivity index (χ4v) is 1.81. The summed E-state index contributed by atoms with van der Waals surface area (Å²) in [6, 6.07) is 0. The van der Waals surface area contributed by atoms with Crippen LogP contribution in [-0.4, -0.2) is 57.4 Å². The molecule has 6 heteroatoms. The molecule has 0 unspecified atom stereocenters. The van der Waals surface area contributed by atoms with Gasteiger partial charge in [-0.05, 0) is 25.9 Å². The predicted molar refractivity (Wildman–Crippen MR) is 55.1 cm³/mol. The van der Waals surface area contributed by atoms with Crippen LogP contribution in [0.4, 0.5) is 0 Å². The molecule has 0 radical (unpaired) electrons. The monoisotopic (exact) mass is 231 g/mol. The number of hydrogen-bond donors (Lipinski definition) is 3. The van der Waals surface area contributed by atoms with E-state index in [1.807, 2.05) is 4.90 Å². The van der Waals surface area contributed by atoms with E-state index in [2.05, 4.69) is 0 Å². The number of piperidine rings is 1. The highest BCUT2D eigenvalue weighted by Gasteiger charge is 2.44. The van der Waals surface area contributed by atoms with E-state index in [1.165, 1.54) is 0 Å². The Morgan fingerprint density at radius 3 is 2.00 bits per heavy atom. The van der Waals surface area contributed by atoms with Crippen molar-refractivity contribution in [2.45, 2.75) is 31.3 Å². The highest BCUT2D eigenvalue weighted by molar-refractivity contribution is 6.01. The maximum Gasteiger partial charge on any atom is 0.347 e. The number of aliphatic carboxylic acids is 2. The first-order chi connectivity index (χ1) is 7.47. The lowest BCUT2D eigenvalue weighted by Gasteiger charge is -2.28. The van der Waals surface area contributed by atoms with Crippen LogP contribution in [0.15, 0.2) is 0 Å². The van der Waals surface area contributed by atoms with E-state index in [0.29, 0.717) is 6.54 Å². The number of carboxylic acids is 2. The molecule has 0 bridgehead atoms. The van der Waals surface area contributed by atoms with Gasteiger partial charge in [-0.2, -0.15) is 0 Å². The van der Waals surface area contributed by atoms with Gasteiger partial charge in [0.1, 0.15) is 0 Å². The molecule has 1 aliphatic heterocycles. The molecule has 1 rings (SSSR count). The molecule has 0 aliphatic carbocycles. The van der Waals surface area contributed by atoms with Crippen molar-refractivity contribution in [3.63, 3.8) is 0 Å². The van der Waals surface area contributed by atoms with Gasteiger partial charge in [-0.25, -0.2) is 9.59 Å². The van der Waals surface area contributed by atoms with Gasteiger partial charge in [0.05, 0.1) is 0 Å². The number of carbonyl (C=O) groups is 2. The summed E-state index contributed by atoms with van der Waals surface area (Å²) < 4.78 is 0. The Balaban J connectivity index is 2.49. The van der Waals surface area contributed by atoms with Crippen molar-refractivity contribution in [2.75, 3.05) is 19.6 Å². The normalized spacial score (nSPS) is 18.3. The summed E-state index contributed by atoms with van der Waals surface area (Å²) in [7, 11) is 0. The van der Waals surface area contributed by atoms with Gasteiger partial charge in [0, 0.05) is 13.0 Å². The zero-order valence-corrected chi connectivity index (χ0v) is 9.06. The highest BCUT2D eigenvalue weighted by Crippen LogP contribution is 2.15. The van der Waals surface area contributed by atoms with Crippen LogP contribution < -0.4 is 0 Å². The number of aliphatic hydroxyl groups is 1. The Morgan fingerprint density at radius 1 is 1.06 bits per heavy atom. The number of nitrogens with zero attached hydrogens (tertiary/aromatic N) is 1. The van der Waals surface area contributed by atoms with Crippen LogP contribution in [0.1, 0.15) is 25.7 Å². The largest absolute Gasteiger partial charge is 0.479 e. The molecule has 0 aromatic heterocycles. The smallest absolute Gasteiger partial charge is 0.347 e. The molecule has 6 nitrogen and oxygen atoms in total. The topological polar surface area (TPSA) is 98.1 Å². The van der Waals surface area contributed by atoms with Crippen molar-refractivity contribution in [1.29, 1.82) is 0 Å². The summed E-state index contributed by atoms with van der Waals surface area (Å²) >= 11 is 0. The number of likely N-dealkylation sites (tertiary alicyclic amines) is 1. The standard InChI is InChI=1S/C10H17NO5/c12-8(13)10(16,9(14)15)4-7-11-5-2-1-3-6-11/h16H,1-7H2,(H,12,13)(H,14,15). The molecule has 1 heterocycles. The molecule has 3 N–H and O–H groups in total. The van der Waals surface area contributed by atoms with Gasteiger partial charge in [-0.15, -0.1) is 0 Å². The Morgan fingerprint density at radius 2 is 1.56 bits per heavy atom. The van der Waals surface area contributed by atoms with Crippen LogP contribution in [0.3, 0.4) is 0 Å². The van der Waals surface area contributed by atoms with Crippen molar-refractivity contribution in [1.82, 2.24) is 4.90 Å². The van der Waals surface area contributed by atoms with Crippen LogP contribution in [-0.2, 0) is 9.59 Å². The molecule has 1 aliphatic rings. The first kappa shape index (κ1) is 12.9. The molecular formula is C10H17NO5. The second kappa shape index (κ2) is 5.27. The van der Waals surface area contributed by atoms with E-state index < -0.39 is 17.5 Å². The van der Waals surface area contributed by atoms with Gasteiger partial charge >= 0.3 is 11.9 Å². The van der Waals surface area contributed by atoms with Crippen molar-refractivity contribution in [2.24, 2.45) is 0 Å². The molecule has 0 atom stereocenters. The maximum atomic E-state index is 10.7. The molecule has 0 aromatic rings. The van der Waals surface area contributed by atoms with E-state index in [-0.39, 0.29) is 6.42 Å². The second-order valence-electron chi connectivity index (χ2n) is 4.12. The fraction of sp³-hybridized carbons (Fsp3) is 0.800. The zero-order chi connectivity index (χ0) is 12.2. The average molecular weight is 231 g/mol. The Hall–Kier alpha value is -1.14. The lowest BCUT2D eigenvalue weighted by Crippen LogP contribution is -2.49. The van der Waals surface area contributed by atoms with Crippen molar-refractivity contribution >= 4 is 11.9 Å². The summed E-state index contributed by atoms with van der Waals surface area (Å²) in [5.74, 6) is -3.39. The summed E-state index contributed by atoms with van der Waals surface area (Å²) in [5.41, 5.74) is -2.66. The Kier molecular flexibility index (Phi) is 4.26. The molecule has 92 valence electrons. The zero-order valence-electron chi connectivity index (χ0n) is 9.06. The van der Waals surface area contributed by atoms with E-state index in [0.717, 1.165) is 32.4 Å². The van der Waals surface area contributed by atoms with Crippen molar-refractivity contribution in [3.8, 4) is 0 Å². The second-order valence-corrected chi connectivity index (χ2v) is 4.12. The SMILES string of the molecule is O=C(O)C(O)(CCN1CCCCC1)C(=O)O. The van der Waals surface area contributed by atoms with E-state index in [1.54, 1.807) is 0 Å². The minimum atomic E-state index is -2.66. The molecule has 0 spiro atoms.